The molecule has 0 aliphatic carbocycles. The van der Waals surface area contributed by atoms with Gasteiger partial charge in [-0.3, -0.25) is 0 Å². The largest absolute Gasteiger partial charge is 0.309 e. The molecular formula is C96H61N5. The molecule has 5 heteroatoms. The summed E-state index contributed by atoms with van der Waals surface area (Å²) in [5, 5.41) is 20.4. The molecule has 0 atom stereocenters. The molecule has 0 radical (unpaired) electrons. The minimum atomic E-state index is 1.14. The van der Waals surface area contributed by atoms with Crippen LogP contribution in [0.2, 0.25) is 0 Å². The topological polar surface area (TPSA) is 24.6 Å². The van der Waals surface area contributed by atoms with Crippen LogP contribution in [-0.2, 0) is 0 Å². The number of nitrogens with zero attached hydrogens (tertiary/aromatic N) is 5. The van der Waals surface area contributed by atoms with Crippen LogP contribution in [-0.4, -0.2) is 22.8 Å². The second kappa shape index (κ2) is 22.5. The minimum Gasteiger partial charge on any atom is -0.309 e. The third-order valence-electron chi connectivity index (χ3n) is 21.3. The van der Waals surface area contributed by atoms with Gasteiger partial charge in [-0.2, -0.15) is 0 Å². The zero-order chi connectivity index (χ0) is 66.2. The Morgan fingerprint density at radius 1 is 0.109 bits per heavy atom. The van der Waals surface area contributed by atoms with Crippen LogP contribution in [0.4, 0.5) is 0 Å². The maximum absolute atomic E-state index is 2.44. The Morgan fingerprint density at radius 2 is 0.376 bits per heavy atom. The lowest BCUT2D eigenvalue weighted by Crippen LogP contribution is -1.97. The van der Waals surface area contributed by atoms with Gasteiger partial charge < -0.3 is 22.8 Å². The predicted octanol–water partition coefficient (Wildman–Crippen LogP) is 25.7. The van der Waals surface area contributed by atoms with Crippen LogP contribution >= 0.6 is 0 Å². The van der Waals surface area contributed by atoms with Crippen LogP contribution in [0.3, 0.4) is 0 Å². The van der Waals surface area contributed by atoms with Crippen molar-refractivity contribution in [2.24, 2.45) is 0 Å². The summed E-state index contributed by atoms with van der Waals surface area (Å²) in [5.74, 6) is 0. The van der Waals surface area contributed by atoms with E-state index >= 15 is 0 Å². The molecule has 17 aromatic carbocycles. The van der Waals surface area contributed by atoms with E-state index in [0.29, 0.717) is 0 Å². The van der Waals surface area contributed by atoms with Gasteiger partial charge in [0, 0.05) is 82.3 Å². The Balaban J connectivity index is 0.000000132. The van der Waals surface area contributed by atoms with E-state index in [9.17, 15) is 0 Å². The smallest absolute Gasteiger partial charge is 0.0561 e. The highest BCUT2D eigenvalue weighted by Gasteiger charge is 2.21. The molecule has 5 heterocycles. The van der Waals surface area contributed by atoms with Gasteiger partial charge in [-0.25, -0.2) is 0 Å². The standard InChI is InChI=1S/C48H31N3.C48H30N2/c1-2-12-34(13-3-1)49-43-18-8-6-16-39(43)41-28-24-33(30-47(41)49)32-22-25-35(26-23-32)50-44-19-9-7-17-40(44)42-29-27-36(31-48(42)50)51-45-20-10-4-14-37(45)38-15-5-11-21-46(38)51;1-2-16-37-35(14-1)36-15-3-4-17-38(36)43-30-34(25-26-39(37)43)50-47-23-10-7-20-42(47)44-29-32(24-27-48(44)50)31-12-11-13-33(28-31)49-45-21-8-5-18-40(45)41-19-6-9-22-46(41)49/h1-31H;1-30H. The molecule has 0 aliphatic rings. The first-order valence-electron chi connectivity index (χ1n) is 34.8. The number of para-hydroxylation sites is 8. The van der Waals surface area contributed by atoms with Crippen molar-refractivity contribution in [1.82, 2.24) is 22.8 Å². The molecule has 101 heavy (non-hydrogen) atoms. The number of benzene rings is 17. The second-order valence-corrected chi connectivity index (χ2v) is 26.7. The number of aromatic nitrogens is 5. The van der Waals surface area contributed by atoms with Crippen molar-refractivity contribution in [3.63, 3.8) is 0 Å². The summed E-state index contributed by atoms with van der Waals surface area (Å²) in [6, 6.07) is 135. The molecule has 0 bridgehead atoms. The molecule has 0 spiro atoms. The highest BCUT2D eigenvalue weighted by Crippen LogP contribution is 2.43. The Hall–Kier alpha value is -13.5. The minimum absolute atomic E-state index is 1.14. The molecule has 0 saturated carbocycles. The molecule has 470 valence electrons. The fourth-order valence-corrected chi connectivity index (χ4v) is 16.9. The average Bonchev–Trinajstić information content (AvgIpc) is 1.16. The first-order chi connectivity index (χ1) is 50.1. The Bertz CT molecular complexity index is 6990. The first-order valence-corrected chi connectivity index (χ1v) is 34.8. The maximum atomic E-state index is 2.44. The zero-order valence-electron chi connectivity index (χ0n) is 55.0. The van der Waals surface area contributed by atoms with Crippen LogP contribution < -0.4 is 0 Å². The van der Waals surface area contributed by atoms with Gasteiger partial charge in [0.25, 0.3) is 0 Å². The summed E-state index contributed by atoms with van der Waals surface area (Å²) in [6.07, 6.45) is 0. The van der Waals surface area contributed by atoms with Crippen molar-refractivity contribution >= 4 is 141 Å². The van der Waals surface area contributed by atoms with E-state index in [-0.39, 0.29) is 0 Å². The van der Waals surface area contributed by atoms with Crippen LogP contribution in [0.5, 0.6) is 0 Å². The Kier molecular flexibility index (Phi) is 12.7. The van der Waals surface area contributed by atoms with Crippen molar-refractivity contribution in [2.75, 3.05) is 0 Å². The summed E-state index contributed by atoms with van der Waals surface area (Å²) in [4.78, 5) is 0. The monoisotopic (exact) mass is 1280 g/mol. The van der Waals surface area contributed by atoms with Gasteiger partial charge in [0.2, 0.25) is 0 Å². The number of fused-ring (bicyclic) bond motifs is 21. The number of hydrogen-bond acceptors (Lipinski definition) is 0. The quantitative estimate of drug-likeness (QED) is 0.142. The molecule has 5 nitrogen and oxygen atoms in total. The lowest BCUT2D eigenvalue weighted by atomic mass is 9.94. The molecule has 0 unspecified atom stereocenters. The molecule has 22 aromatic rings. The third kappa shape index (κ3) is 8.77. The third-order valence-corrected chi connectivity index (χ3v) is 21.3. The molecule has 0 N–H and O–H groups in total. The Morgan fingerprint density at radius 3 is 0.851 bits per heavy atom. The van der Waals surface area contributed by atoms with Crippen molar-refractivity contribution in [2.45, 2.75) is 0 Å². The van der Waals surface area contributed by atoms with E-state index in [0.717, 1.165) is 11.4 Å². The van der Waals surface area contributed by atoms with Crippen LogP contribution in [0.1, 0.15) is 0 Å². The highest BCUT2D eigenvalue weighted by atomic mass is 15.0. The van der Waals surface area contributed by atoms with Crippen LogP contribution in [0.15, 0.2) is 370 Å². The summed E-state index contributed by atoms with van der Waals surface area (Å²) in [7, 11) is 0. The summed E-state index contributed by atoms with van der Waals surface area (Å²) < 4.78 is 12.0. The molecule has 0 amide bonds. The molecule has 0 fully saturated rings. The van der Waals surface area contributed by atoms with Crippen molar-refractivity contribution in [3.8, 4) is 50.7 Å². The SMILES string of the molecule is c1cc(-c2ccc3c(c2)c2ccccc2n3-c2ccc3c4ccccc4c4ccccc4c3c2)cc(-n2c3ccccc3c3ccccc32)c1.c1ccc(-n2c3ccccc3c3ccc(-c4ccc(-n5c6ccccc6c6ccc(-n7c8ccccc8c8ccccc87)cc65)cc4)cc32)cc1. The maximum Gasteiger partial charge on any atom is 0.0561 e. The predicted molar refractivity (Wildman–Crippen MR) is 428 cm³/mol. The fraction of sp³-hybridized carbons (Fsp3) is 0. The van der Waals surface area contributed by atoms with Crippen molar-refractivity contribution < 1.29 is 0 Å². The van der Waals surface area contributed by atoms with E-state index in [4.69, 9.17) is 0 Å². The summed E-state index contributed by atoms with van der Waals surface area (Å²) in [5.41, 5.74) is 22.7. The molecule has 0 saturated heterocycles. The van der Waals surface area contributed by atoms with Crippen LogP contribution in [0, 0.1) is 0 Å². The fourth-order valence-electron chi connectivity index (χ4n) is 16.9. The second-order valence-electron chi connectivity index (χ2n) is 26.7. The van der Waals surface area contributed by atoms with E-state index in [1.165, 1.54) is 181 Å². The van der Waals surface area contributed by atoms with Crippen LogP contribution in [0.25, 0.3) is 192 Å². The van der Waals surface area contributed by atoms with E-state index in [2.05, 4.69) is 393 Å². The zero-order valence-corrected chi connectivity index (χ0v) is 55.0. The van der Waals surface area contributed by atoms with E-state index in [1.54, 1.807) is 0 Å². The van der Waals surface area contributed by atoms with E-state index in [1.807, 2.05) is 0 Å². The Labute approximate surface area is 581 Å². The molecule has 0 aliphatic heterocycles. The highest BCUT2D eigenvalue weighted by molar-refractivity contribution is 6.26. The van der Waals surface area contributed by atoms with Crippen molar-refractivity contribution in [3.05, 3.63) is 370 Å². The lowest BCUT2D eigenvalue weighted by molar-refractivity contribution is 1.15. The van der Waals surface area contributed by atoms with Gasteiger partial charge in [0.15, 0.2) is 0 Å². The van der Waals surface area contributed by atoms with Gasteiger partial charge in [-0.05, 0) is 176 Å². The van der Waals surface area contributed by atoms with Gasteiger partial charge in [-0.1, -0.05) is 249 Å². The number of hydrogen-bond donors (Lipinski definition) is 0. The number of rotatable bonds is 7. The van der Waals surface area contributed by atoms with Gasteiger partial charge in [0.05, 0.1) is 55.2 Å². The van der Waals surface area contributed by atoms with Gasteiger partial charge in [-0.15, -0.1) is 0 Å². The average molecular weight is 1280 g/mol. The molecule has 5 aromatic heterocycles. The molecular weight excluding hydrogens is 1220 g/mol. The van der Waals surface area contributed by atoms with Gasteiger partial charge in [0.1, 0.15) is 0 Å². The first kappa shape index (κ1) is 56.7. The van der Waals surface area contributed by atoms with Gasteiger partial charge >= 0.3 is 0 Å². The van der Waals surface area contributed by atoms with E-state index < -0.39 is 0 Å². The summed E-state index contributed by atoms with van der Waals surface area (Å²) in [6.45, 7) is 0. The lowest BCUT2D eigenvalue weighted by Gasteiger charge is -2.14. The summed E-state index contributed by atoms with van der Waals surface area (Å²) >= 11 is 0. The normalized spacial score (nSPS) is 12.0. The molecule has 22 rings (SSSR count). The van der Waals surface area contributed by atoms with Crippen molar-refractivity contribution in [1.29, 1.82) is 0 Å².